The molecule has 0 aliphatic heterocycles. The first-order valence-corrected chi connectivity index (χ1v) is 5.95. The van der Waals surface area contributed by atoms with Crippen molar-refractivity contribution in [3.63, 3.8) is 0 Å². The van der Waals surface area contributed by atoms with Gasteiger partial charge < -0.3 is 10.4 Å². The maximum absolute atomic E-state index is 10.8. The molecule has 0 bridgehead atoms. The molecule has 8 heteroatoms. The van der Waals surface area contributed by atoms with Crippen LogP contribution in [-0.4, -0.2) is 32.5 Å². The molecule has 19 heavy (non-hydrogen) atoms. The molecule has 1 aromatic carbocycles. The first-order valence-electron chi connectivity index (χ1n) is 5.95. The number of hydrogen-bond acceptors (Lipinski definition) is 7. The van der Waals surface area contributed by atoms with Crippen molar-refractivity contribution in [2.45, 2.75) is 24.9 Å². The number of aliphatic hydroxyl groups is 1. The van der Waals surface area contributed by atoms with Gasteiger partial charge in [0.1, 0.15) is 0 Å². The van der Waals surface area contributed by atoms with Gasteiger partial charge in [-0.3, -0.25) is 10.1 Å². The molecule has 0 amide bonds. The monoisotopic (exact) mass is 264 g/mol. The number of hydrogen-bond donors (Lipinski definition) is 2. The molecule has 1 heterocycles. The van der Waals surface area contributed by atoms with Crippen LogP contribution in [0.15, 0.2) is 16.8 Å². The maximum Gasteiger partial charge on any atom is 0.300 e. The number of aromatic nitrogens is 2. The quantitative estimate of drug-likeness (QED) is 0.634. The second-order valence-electron chi connectivity index (χ2n) is 4.78. The lowest BCUT2D eigenvalue weighted by Crippen LogP contribution is -2.43. The third-order valence-corrected chi connectivity index (χ3v) is 3.48. The van der Waals surface area contributed by atoms with Gasteiger partial charge in [-0.2, -0.15) is 0 Å². The van der Waals surface area contributed by atoms with E-state index in [2.05, 4.69) is 20.3 Å². The number of nitro benzene ring substituents is 1. The highest BCUT2D eigenvalue weighted by atomic mass is 16.6. The number of nitrogens with zero attached hydrogens (tertiary/aromatic N) is 3. The topological polar surface area (TPSA) is 114 Å². The van der Waals surface area contributed by atoms with E-state index in [9.17, 15) is 15.2 Å². The average Bonchev–Trinajstić information content (AvgIpc) is 2.82. The van der Waals surface area contributed by atoms with Crippen molar-refractivity contribution in [3.8, 4) is 0 Å². The van der Waals surface area contributed by atoms with Crippen molar-refractivity contribution in [1.82, 2.24) is 10.3 Å². The lowest BCUT2D eigenvalue weighted by atomic mass is 9.80. The Hall–Kier alpha value is -2.22. The smallest absolute Gasteiger partial charge is 0.300 e. The van der Waals surface area contributed by atoms with Crippen LogP contribution in [0.4, 0.5) is 11.4 Å². The predicted molar refractivity (Wildman–Crippen MR) is 65.7 cm³/mol. The lowest BCUT2D eigenvalue weighted by molar-refractivity contribution is -0.383. The molecule has 0 saturated heterocycles. The number of nitro groups is 1. The molecule has 1 fully saturated rings. The molecule has 100 valence electrons. The highest BCUT2D eigenvalue weighted by Crippen LogP contribution is 2.33. The summed E-state index contributed by atoms with van der Waals surface area (Å²) in [4.78, 5) is 10.3. The lowest BCUT2D eigenvalue weighted by Gasteiger charge is -2.36. The second kappa shape index (κ2) is 4.16. The van der Waals surface area contributed by atoms with Gasteiger partial charge in [0.15, 0.2) is 5.52 Å². The van der Waals surface area contributed by atoms with Crippen molar-refractivity contribution >= 4 is 22.4 Å². The van der Waals surface area contributed by atoms with E-state index in [1.54, 1.807) is 6.07 Å². The summed E-state index contributed by atoms with van der Waals surface area (Å²) in [7, 11) is 0. The summed E-state index contributed by atoms with van der Waals surface area (Å²) in [5.41, 5.74) is 0.143. The zero-order chi connectivity index (χ0) is 13.5. The van der Waals surface area contributed by atoms with Gasteiger partial charge in [0.2, 0.25) is 5.52 Å². The minimum Gasteiger partial charge on any atom is -0.388 e. The van der Waals surface area contributed by atoms with Crippen LogP contribution >= 0.6 is 0 Å². The minimum atomic E-state index is -0.689. The molecule has 8 nitrogen and oxygen atoms in total. The molecule has 0 atom stereocenters. The van der Waals surface area contributed by atoms with Crippen molar-refractivity contribution in [1.29, 1.82) is 0 Å². The minimum absolute atomic E-state index is 0.107. The van der Waals surface area contributed by atoms with Gasteiger partial charge in [0.05, 0.1) is 16.2 Å². The third kappa shape index (κ3) is 1.99. The molecule has 1 aliphatic carbocycles. The molecule has 2 N–H and O–H groups in total. The van der Waals surface area contributed by atoms with Gasteiger partial charge in [-0.15, -0.1) is 0 Å². The molecule has 2 aromatic rings. The normalized spacial score (nSPS) is 17.1. The highest BCUT2D eigenvalue weighted by molar-refractivity contribution is 5.93. The van der Waals surface area contributed by atoms with E-state index in [1.165, 1.54) is 6.07 Å². The number of anilines is 1. The Morgan fingerprint density at radius 1 is 1.42 bits per heavy atom. The van der Waals surface area contributed by atoms with Gasteiger partial charge in [0, 0.05) is 12.6 Å². The number of non-ortho nitro benzene ring substituents is 1. The Bertz CT molecular complexity index is 635. The molecule has 0 spiro atoms. The zero-order valence-electron chi connectivity index (χ0n) is 10.00. The van der Waals surface area contributed by atoms with E-state index < -0.39 is 10.5 Å². The summed E-state index contributed by atoms with van der Waals surface area (Å²) in [6.07, 6.45) is 2.53. The van der Waals surface area contributed by atoms with Gasteiger partial charge in [-0.25, -0.2) is 4.63 Å². The summed E-state index contributed by atoms with van der Waals surface area (Å²) in [6, 6.07) is 2.90. The van der Waals surface area contributed by atoms with Crippen LogP contribution in [0.3, 0.4) is 0 Å². The van der Waals surface area contributed by atoms with E-state index in [0.29, 0.717) is 17.7 Å². The summed E-state index contributed by atoms with van der Waals surface area (Å²) in [6.45, 7) is 0.382. The Morgan fingerprint density at radius 2 is 2.16 bits per heavy atom. The first kappa shape index (κ1) is 11.8. The second-order valence-corrected chi connectivity index (χ2v) is 4.78. The predicted octanol–water partition coefficient (Wildman–Crippen LogP) is 1.46. The zero-order valence-corrected chi connectivity index (χ0v) is 10.00. The van der Waals surface area contributed by atoms with Crippen molar-refractivity contribution in [3.05, 3.63) is 22.2 Å². The average molecular weight is 264 g/mol. The van der Waals surface area contributed by atoms with Gasteiger partial charge >= 0.3 is 5.69 Å². The molecule has 0 radical (unpaired) electrons. The number of rotatable bonds is 4. The third-order valence-electron chi connectivity index (χ3n) is 3.48. The molecular formula is C11H12N4O4. The Balaban J connectivity index is 1.90. The summed E-state index contributed by atoms with van der Waals surface area (Å²) >= 11 is 0. The van der Waals surface area contributed by atoms with E-state index in [4.69, 9.17) is 0 Å². The fourth-order valence-electron chi connectivity index (χ4n) is 2.16. The SMILES string of the molecule is O=[N+]([O-])c1ccc(NCC2(O)CCC2)c2nonc12. The fraction of sp³-hybridized carbons (Fsp3) is 0.455. The van der Waals surface area contributed by atoms with Crippen molar-refractivity contribution in [2.24, 2.45) is 0 Å². The van der Waals surface area contributed by atoms with Crippen LogP contribution in [0.5, 0.6) is 0 Å². The van der Waals surface area contributed by atoms with Crippen LogP contribution in [0.1, 0.15) is 19.3 Å². The van der Waals surface area contributed by atoms with Crippen LogP contribution in [-0.2, 0) is 0 Å². The molecule has 3 rings (SSSR count). The fourth-order valence-corrected chi connectivity index (χ4v) is 2.16. The number of fused-ring (bicyclic) bond motifs is 1. The largest absolute Gasteiger partial charge is 0.388 e. The first-order chi connectivity index (χ1) is 9.09. The number of benzene rings is 1. The summed E-state index contributed by atoms with van der Waals surface area (Å²) < 4.78 is 4.56. The Morgan fingerprint density at radius 3 is 2.79 bits per heavy atom. The molecule has 1 aliphatic rings. The van der Waals surface area contributed by atoms with Crippen LogP contribution < -0.4 is 5.32 Å². The van der Waals surface area contributed by atoms with E-state index in [-0.39, 0.29) is 11.2 Å². The standard InChI is InChI=1S/C11H12N4O4/c16-11(4-1-5-11)6-12-7-2-3-8(15(17)18)10-9(7)13-19-14-10/h2-3,12,16H,1,4-6H2. The van der Waals surface area contributed by atoms with Crippen LogP contribution in [0.2, 0.25) is 0 Å². The number of nitrogens with one attached hydrogen (secondary N) is 1. The Kier molecular flexibility index (Phi) is 2.59. The molecular weight excluding hydrogens is 252 g/mol. The summed E-state index contributed by atoms with van der Waals surface area (Å²) in [5, 5.41) is 31.1. The highest BCUT2D eigenvalue weighted by Gasteiger charge is 2.34. The molecule has 0 unspecified atom stereocenters. The van der Waals surface area contributed by atoms with Crippen LogP contribution in [0, 0.1) is 10.1 Å². The molecule has 1 saturated carbocycles. The maximum atomic E-state index is 10.8. The van der Waals surface area contributed by atoms with E-state index >= 15 is 0 Å². The van der Waals surface area contributed by atoms with Gasteiger partial charge in [-0.05, 0) is 35.6 Å². The van der Waals surface area contributed by atoms with Gasteiger partial charge in [-0.1, -0.05) is 0 Å². The molecule has 1 aromatic heterocycles. The van der Waals surface area contributed by atoms with Gasteiger partial charge in [0.25, 0.3) is 0 Å². The van der Waals surface area contributed by atoms with E-state index in [1.807, 2.05) is 0 Å². The van der Waals surface area contributed by atoms with Crippen molar-refractivity contribution < 1.29 is 14.7 Å². The van der Waals surface area contributed by atoms with Crippen LogP contribution in [0.25, 0.3) is 11.0 Å². The Labute approximate surface area is 107 Å². The summed E-state index contributed by atoms with van der Waals surface area (Å²) in [5.74, 6) is 0. The van der Waals surface area contributed by atoms with Crippen molar-refractivity contribution in [2.75, 3.05) is 11.9 Å². The van der Waals surface area contributed by atoms with E-state index in [0.717, 1.165) is 19.3 Å².